The molecule has 0 spiro atoms. The molecule has 0 unspecified atom stereocenters. The van der Waals surface area contributed by atoms with Gasteiger partial charge in [-0.15, -0.1) is 0 Å². The lowest BCUT2D eigenvalue weighted by atomic mass is 9.82. The van der Waals surface area contributed by atoms with Crippen molar-refractivity contribution in [3.8, 4) is 118 Å². The molecular formula is C99H68N6. The van der Waals surface area contributed by atoms with Crippen molar-refractivity contribution in [2.75, 3.05) is 0 Å². The van der Waals surface area contributed by atoms with E-state index in [1.54, 1.807) is 0 Å². The van der Waals surface area contributed by atoms with Gasteiger partial charge in [0.1, 0.15) is 0 Å². The summed E-state index contributed by atoms with van der Waals surface area (Å²) in [5, 5.41) is 7.25. The van der Waals surface area contributed by atoms with Gasteiger partial charge < -0.3 is 13.7 Å². The van der Waals surface area contributed by atoms with E-state index in [2.05, 4.69) is 369 Å². The summed E-state index contributed by atoms with van der Waals surface area (Å²) in [6, 6.07) is 125. The Morgan fingerprint density at radius 1 is 0.190 bits per heavy atom. The molecule has 21 rings (SSSR count). The molecule has 6 nitrogen and oxygen atoms in total. The monoisotopic (exact) mass is 1340 g/mol. The van der Waals surface area contributed by atoms with Gasteiger partial charge in [0.15, 0.2) is 17.5 Å². The smallest absolute Gasteiger partial charge is 0.164 e. The third kappa shape index (κ3) is 9.46. The Kier molecular flexibility index (Phi) is 13.3. The van der Waals surface area contributed by atoms with E-state index < -0.39 is 0 Å². The largest absolute Gasteiger partial charge is 0.309 e. The van der Waals surface area contributed by atoms with E-state index >= 15 is 0 Å². The van der Waals surface area contributed by atoms with Crippen molar-refractivity contribution in [1.82, 2.24) is 28.7 Å². The van der Waals surface area contributed by atoms with Crippen LogP contribution in [0.5, 0.6) is 0 Å². The SMILES string of the molecule is CC1(C)c2ccccc2-c2ccc(-n3c4ccccc4c4ccc(-c5ccc6c(c5)c5cc(-c7ccc8c9ccccc9n(-c9ccc%10c(c9)C(C)(C)c9ccccc9-%10)c8c7)ccc5n6-c5ccc(-c6nc(-c7ccc(-c8ccccc8)cc7)nc(-c7ccc(-c8ccccc8)cc7)n6)cc5)cc43)cc21. The van der Waals surface area contributed by atoms with Crippen LogP contribution in [0.1, 0.15) is 49.9 Å². The molecule has 0 N–H and O–H groups in total. The van der Waals surface area contributed by atoms with Crippen molar-refractivity contribution >= 4 is 65.4 Å². The Hall–Kier alpha value is -13.3. The summed E-state index contributed by atoms with van der Waals surface area (Å²) in [6.45, 7) is 9.47. The number of rotatable bonds is 10. The summed E-state index contributed by atoms with van der Waals surface area (Å²) >= 11 is 0. The first kappa shape index (κ1) is 60.5. The van der Waals surface area contributed by atoms with Gasteiger partial charge in [-0.1, -0.05) is 270 Å². The Balaban J connectivity index is 0.716. The highest BCUT2D eigenvalue weighted by Crippen LogP contribution is 2.52. The molecule has 15 aromatic carbocycles. The topological polar surface area (TPSA) is 53.5 Å². The van der Waals surface area contributed by atoms with Crippen LogP contribution < -0.4 is 0 Å². The van der Waals surface area contributed by atoms with Crippen LogP contribution in [0.4, 0.5) is 0 Å². The molecule has 6 heteroatoms. The zero-order valence-corrected chi connectivity index (χ0v) is 58.5. The lowest BCUT2D eigenvalue weighted by Gasteiger charge is -2.22. The molecule has 4 heterocycles. The Labute approximate surface area is 608 Å². The maximum Gasteiger partial charge on any atom is 0.164 e. The summed E-state index contributed by atoms with van der Waals surface area (Å²) < 4.78 is 7.40. The number of nitrogens with zero attached hydrogens (tertiary/aromatic N) is 6. The molecule has 0 bridgehead atoms. The minimum atomic E-state index is -0.139. The maximum atomic E-state index is 5.27. The molecule has 4 aromatic heterocycles. The van der Waals surface area contributed by atoms with E-state index in [0.717, 1.165) is 100 Å². The first-order valence-corrected chi connectivity index (χ1v) is 36.4. The average Bonchev–Trinajstić information content (AvgIpc) is 1.58. The zero-order valence-electron chi connectivity index (χ0n) is 58.5. The molecule has 0 fully saturated rings. The molecule has 0 amide bonds. The number of hydrogen-bond donors (Lipinski definition) is 0. The molecule has 0 atom stereocenters. The van der Waals surface area contributed by atoms with Crippen molar-refractivity contribution in [1.29, 1.82) is 0 Å². The van der Waals surface area contributed by atoms with Crippen molar-refractivity contribution in [3.05, 3.63) is 362 Å². The summed E-state index contributed by atoms with van der Waals surface area (Å²) in [4.78, 5) is 15.7. The van der Waals surface area contributed by atoms with Crippen molar-refractivity contribution in [2.45, 2.75) is 38.5 Å². The van der Waals surface area contributed by atoms with Crippen LogP contribution in [-0.4, -0.2) is 28.7 Å². The van der Waals surface area contributed by atoms with Gasteiger partial charge >= 0.3 is 0 Å². The van der Waals surface area contributed by atoms with Crippen LogP contribution in [0, 0.1) is 0 Å². The zero-order chi connectivity index (χ0) is 69.8. The van der Waals surface area contributed by atoms with Crippen LogP contribution >= 0.6 is 0 Å². The van der Waals surface area contributed by atoms with Crippen LogP contribution in [0.15, 0.2) is 340 Å². The molecule has 2 aliphatic rings. The Bertz CT molecular complexity index is 6400. The van der Waals surface area contributed by atoms with Gasteiger partial charge in [0, 0.05) is 76.9 Å². The number of aromatic nitrogens is 6. The summed E-state index contributed by atoms with van der Waals surface area (Å²) in [7, 11) is 0. The number of fused-ring (bicyclic) bond motifs is 15. The van der Waals surface area contributed by atoms with E-state index in [-0.39, 0.29) is 10.8 Å². The van der Waals surface area contributed by atoms with Crippen LogP contribution in [-0.2, 0) is 10.8 Å². The second-order valence-electron chi connectivity index (χ2n) is 29.5. The lowest BCUT2D eigenvalue weighted by Crippen LogP contribution is -2.15. The number of benzene rings is 15. The molecule has 0 saturated carbocycles. The third-order valence-electron chi connectivity index (χ3n) is 22.9. The van der Waals surface area contributed by atoms with E-state index in [9.17, 15) is 0 Å². The maximum absolute atomic E-state index is 5.27. The van der Waals surface area contributed by atoms with Crippen LogP contribution in [0.25, 0.3) is 183 Å². The minimum Gasteiger partial charge on any atom is -0.309 e. The van der Waals surface area contributed by atoms with Gasteiger partial charge in [-0.05, 0) is 186 Å². The van der Waals surface area contributed by atoms with Crippen LogP contribution in [0.2, 0.25) is 0 Å². The predicted octanol–water partition coefficient (Wildman–Crippen LogP) is 25.4. The van der Waals surface area contributed by atoms with Crippen LogP contribution in [0.3, 0.4) is 0 Å². The molecule has 0 radical (unpaired) electrons. The number of para-hydroxylation sites is 2. The van der Waals surface area contributed by atoms with Gasteiger partial charge in [0.05, 0.1) is 33.1 Å². The quantitative estimate of drug-likeness (QED) is 0.137. The Morgan fingerprint density at radius 3 is 0.924 bits per heavy atom. The fourth-order valence-corrected chi connectivity index (χ4v) is 17.6. The molecule has 494 valence electrons. The average molecular weight is 1340 g/mol. The molecular weight excluding hydrogens is 1270 g/mol. The van der Waals surface area contributed by atoms with Crippen molar-refractivity contribution in [2.24, 2.45) is 0 Å². The van der Waals surface area contributed by atoms with E-state index in [1.807, 2.05) is 12.1 Å². The van der Waals surface area contributed by atoms with E-state index in [0.29, 0.717) is 17.5 Å². The number of hydrogen-bond acceptors (Lipinski definition) is 3. The highest BCUT2D eigenvalue weighted by molar-refractivity contribution is 6.15. The van der Waals surface area contributed by atoms with E-state index in [4.69, 9.17) is 15.0 Å². The van der Waals surface area contributed by atoms with Gasteiger partial charge in [-0.2, -0.15) is 0 Å². The van der Waals surface area contributed by atoms with Gasteiger partial charge in [0.2, 0.25) is 0 Å². The Morgan fingerprint density at radius 2 is 0.486 bits per heavy atom. The van der Waals surface area contributed by atoms with Gasteiger partial charge in [0.25, 0.3) is 0 Å². The fraction of sp³-hybridized carbons (Fsp3) is 0.0606. The van der Waals surface area contributed by atoms with Gasteiger partial charge in [-0.25, -0.2) is 15.0 Å². The summed E-state index contributed by atoms with van der Waals surface area (Å²) in [5.41, 5.74) is 32.6. The van der Waals surface area contributed by atoms with E-state index in [1.165, 1.54) is 88.1 Å². The molecule has 2 aliphatic carbocycles. The van der Waals surface area contributed by atoms with Crippen molar-refractivity contribution < 1.29 is 0 Å². The second-order valence-corrected chi connectivity index (χ2v) is 29.5. The summed E-state index contributed by atoms with van der Waals surface area (Å²) in [6.07, 6.45) is 0. The highest BCUT2D eigenvalue weighted by atomic mass is 15.0. The summed E-state index contributed by atoms with van der Waals surface area (Å²) in [5.74, 6) is 1.82. The highest BCUT2D eigenvalue weighted by Gasteiger charge is 2.37. The molecule has 19 aromatic rings. The molecule has 0 aliphatic heterocycles. The normalized spacial score (nSPS) is 13.3. The first-order valence-electron chi connectivity index (χ1n) is 36.4. The second kappa shape index (κ2) is 23.1. The molecule has 0 saturated heterocycles. The third-order valence-corrected chi connectivity index (χ3v) is 22.9. The molecule has 105 heavy (non-hydrogen) atoms. The lowest BCUT2D eigenvalue weighted by molar-refractivity contribution is 0.660. The predicted molar refractivity (Wildman–Crippen MR) is 436 cm³/mol. The van der Waals surface area contributed by atoms with Crippen molar-refractivity contribution in [3.63, 3.8) is 0 Å². The van der Waals surface area contributed by atoms with Gasteiger partial charge in [-0.3, -0.25) is 0 Å². The minimum absolute atomic E-state index is 0.139. The standard InChI is InChI=1S/C99H68N6/c1-98(2)85-27-15-11-23-75(85)77-51-47-73(59-87(77)98)104-89-29-17-13-25-79(89)81-49-41-70(57-93(81)104)68-43-53-91-83(55-68)84-56-69(71-42-50-82-80-26-14-18-30-90(80)105(94(82)58-71)74-48-52-78-76-24-12-16-28-86(76)99(3,4)88(78)60-74)44-54-92(84)103(91)72-45-39-67(40-46-72)97-101-95(65-35-31-63(32-36-65)61-19-7-5-8-20-61)100-96(102-97)66-37-33-64(34-38-66)62-21-9-6-10-22-62/h5-60H,1-4H3. The first-order chi connectivity index (χ1) is 51.5. The fourth-order valence-electron chi connectivity index (χ4n) is 17.6.